The Labute approximate surface area is 205 Å². The molecule has 1 fully saturated rings. The third kappa shape index (κ3) is 6.17. The summed E-state index contributed by atoms with van der Waals surface area (Å²) in [5, 5.41) is 7.73. The molecule has 2 atom stereocenters. The van der Waals surface area contributed by atoms with Crippen molar-refractivity contribution in [2.24, 2.45) is 11.8 Å². The molecule has 3 rings (SSSR count). The first-order valence-electron chi connectivity index (χ1n) is 11.4. The van der Waals surface area contributed by atoms with Gasteiger partial charge in [-0.2, -0.15) is 4.31 Å². The Morgan fingerprint density at radius 1 is 1.06 bits per heavy atom. The number of rotatable bonds is 9. The van der Waals surface area contributed by atoms with Crippen molar-refractivity contribution >= 4 is 33.2 Å². The first-order valence-corrected chi connectivity index (χ1v) is 13.7. The Bertz CT molecular complexity index is 1060. The van der Waals surface area contributed by atoms with E-state index < -0.39 is 16.1 Å². The summed E-state index contributed by atoms with van der Waals surface area (Å²) < 4.78 is 32.7. The minimum absolute atomic E-state index is 0.0517. The number of hydrogen-bond acceptors (Lipinski definition) is 6. The van der Waals surface area contributed by atoms with E-state index >= 15 is 0 Å². The van der Waals surface area contributed by atoms with Gasteiger partial charge in [-0.15, -0.1) is 11.3 Å². The number of carbonyl (C=O) groups is 2. The maximum absolute atomic E-state index is 13.2. The number of methoxy groups -OCH3 is 1. The number of thiophene rings is 1. The number of nitrogens with zero attached hydrogens (tertiary/aromatic N) is 1. The van der Waals surface area contributed by atoms with Crippen molar-refractivity contribution in [3.63, 3.8) is 0 Å². The number of piperidine rings is 1. The molecule has 2 N–H and O–H groups in total. The highest BCUT2D eigenvalue weighted by atomic mass is 32.2. The monoisotopic (exact) mass is 507 g/mol. The van der Waals surface area contributed by atoms with E-state index in [-0.39, 0.29) is 47.7 Å². The van der Waals surface area contributed by atoms with Crippen LogP contribution in [0.5, 0.6) is 5.75 Å². The summed E-state index contributed by atoms with van der Waals surface area (Å²) in [6.07, 6.45) is 0.933. The molecule has 2 aromatic rings. The van der Waals surface area contributed by atoms with E-state index in [9.17, 15) is 18.0 Å². The maximum Gasteiger partial charge on any atom is 0.262 e. The zero-order valence-corrected chi connectivity index (χ0v) is 21.6. The molecule has 2 amide bonds. The summed E-state index contributed by atoms with van der Waals surface area (Å²) in [5.74, 6) is 0.131. The van der Waals surface area contributed by atoms with E-state index in [2.05, 4.69) is 10.6 Å². The molecule has 1 aliphatic heterocycles. The van der Waals surface area contributed by atoms with Crippen molar-refractivity contribution in [1.29, 1.82) is 0 Å². The predicted molar refractivity (Wildman–Crippen MR) is 132 cm³/mol. The lowest BCUT2D eigenvalue weighted by molar-refractivity contribution is -0.125. The molecule has 10 heteroatoms. The van der Waals surface area contributed by atoms with Gasteiger partial charge in [-0.25, -0.2) is 8.42 Å². The van der Waals surface area contributed by atoms with Crippen molar-refractivity contribution in [3.8, 4) is 5.75 Å². The number of sulfonamides is 1. The number of amides is 2. The van der Waals surface area contributed by atoms with Gasteiger partial charge in [-0.05, 0) is 67.3 Å². The molecule has 1 aromatic heterocycles. The van der Waals surface area contributed by atoms with Gasteiger partial charge >= 0.3 is 0 Å². The lowest BCUT2D eigenvalue weighted by Crippen LogP contribution is -2.55. The van der Waals surface area contributed by atoms with Gasteiger partial charge < -0.3 is 15.4 Å². The zero-order chi connectivity index (χ0) is 24.9. The second-order valence-corrected chi connectivity index (χ2v) is 11.8. The summed E-state index contributed by atoms with van der Waals surface area (Å²) in [6.45, 7) is 6.53. The normalized spacial score (nSPS) is 17.2. The quantitative estimate of drug-likeness (QED) is 0.543. The van der Waals surface area contributed by atoms with Crippen molar-refractivity contribution in [1.82, 2.24) is 14.9 Å². The summed E-state index contributed by atoms with van der Waals surface area (Å²) in [4.78, 5) is 26.6. The van der Waals surface area contributed by atoms with Gasteiger partial charge in [0.05, 0.1) is 16.9 Å². The van der Waals surface area contributed by atoms with Crippen LogP contribution in [0.25, 0.3) is 0 Å². The molecule has 0 aliphatic carbocycles. The van der Waals surface area contributed by atoms with Gasteiger partial charge in [0.15, 0.2) is 0 Å². The summed E-state index contributed by atoms with van der Waals surface area (Å²) in [7, 11) is -2.13. The highest BCUT2D eigenvalue weighted by Crippen LogP contribution is 2.27. The lowest BCUT2D eigenvalue weighted by Gasteiger charge is -2.35. The average Bonchev–Trinajstić information content (AvgIpc) is 3.37. The van der Waals surface area contributed by atoms with Crippen LogP contribution < -0.4 is 15.4 Å². The fourth-order valence-corrected chi connectivity index (χ4v) is 5.94. The maximum atomic E-state index is 13.2. The van der Waals surface area contributed by atoms with Crippen LogP contribution in [0, 0.1) is 11.8 Å². The molecule has 2 heterocycles. The van der Waals surface area contributed by atoms with E-state index in [0.717, 1.165) is 0 Å². The summed E-state index contributed by atoms with van der Waals surface area (Å²) >= 11 is 1.31. The second kappa shape index (κ2) is 11.3. The minimum Gasteiger partial charge on any atom is -0.497 e. The van der Waals surface area contributed by atoms with Crippen molar-refractivity contribution in [2.45, 2.75) is 50.6 Å². The topological polar surface area (TPSA) is 105 Å². The summed E-state index contributed by atoms with van der Waals surface area (Å²) in [6, 6.07) is 9.03. The number of benzene rings is 1. The number of hydrogen-bond donors (Lipinski definition) is 2. The van der Waals surface area contributed by atoms with Crippen LogP contribution in [-0.4, -0.2) is 56.8 Å². The molecule has 0 spiro atoms. The van der Waals surface area contributed by atoms with Gasteiger partial charge in [0, 0.05) is 19.1 Å². The van der Waals surface area contributed by atoms with Crippen LogP contribution in [0.3, 0.4) is 0 Å². The number of ether oxygens (including phenoxy) is 1. The Hall–Kier alpha value is -2.43. The molecule has 1 aromatic carbocycles. The molecule has 0 unspecified atom stereocenters. The van der Waals surface area contributed by atoms with Crippen LogP contribution in [0.1, 0.15) is 43.3 Å². The zero-order valence-electron chi connectivity index (χ0n) is 20.0. The third-order valence-electron chi connectivity index (χ3n) is 6.35. The Kier molecular flexibility index (Phi) is 8.72. The van der Waals surface area contributed by atoms with Gasteiger partial charge in [0.1, 0.15) is 11.8 Å². The van der Waals surface area contributed by atoms with E-state index in [0.29, 0.717) is 23.5 Å². The van der Waals surface area contributed by atoms with Crippen molar-refractivity contribution < 1.29 is 22.7 Å². The fraction of sp³-hybridized carbons (Fsp3) is 0.500. The van der Waals surface area contributed by atoms with Gasteiger partial charge in [0.25, 0.3) is 5.91 Å². The molecule has 186 valence electrons. The standard InChI is InChI=1S/C24H33N3O5S2/c1-16(2)17(3)25-24(29)22(26-23(28)21-6-5-15-33-21)18-11-13-27(14-12-18)34(30,31)20-9-7-19(32-4)8-10-20/h5-10,15-18,22H,11-14H2,1-4H3,(H,25,29)(H,26,28)/t17-,22+/m1/s1. The van der Waals surface area contributed by atoms with Crippen LogP contribution in [-0.2, 0) is 14.8 Å². The lowest BCUT2D eigenvalue weighted by atomic mass is 9.89. The minimum atomic E-state index is -3.65. The first kappa shape index (κ1) is 26.2. The third-order valence-corrected chi connectivity index (χ3v) is 9.13. The van der Waals surface area contributed by atoms with E-state index in [1.54, 1.807) is 24.3 Å². The largest absolute Gasteiger partial charge is 0.497 e. The van der Waals surface area contributed by atoms with Crippen molar-refractivity contribution in [3.05, 3.63) is 46.7 Å². The van der Waals surface area contributed by atoms with Crippen molar-refractivity contribution in [2.75, 3.05) is 20.2 Å². The van der Waals surface area contributed by atoms with E-state index in [4.69, 9.17) is 4.74 Å². The van der Waals surface area contributed by atoms with E-state index in [1.807, 2.05) is 26.2 Å². The second-order valence-electron chi connectivity index (χ2n) is 8.89. The summed E-state index contributed by atoms with van der Waals surface area (Å²) in [5.41, 5.74) is 0. The molecule has 1 aliphatic rings. The average molecular weight is 508 g/mol. The Balaban J connectivity index is 1.72. The predicted octanol–water partition coefficient (Wildman–Crippen LogP) is 3.12. The molecule has 8 nitrogen and oxygen atoms in total. The smallest absolute Gasteiger partial charge is 0.262 e. The van der Waals surface area contributed by atoms with Gasteiger partial charge in [0.2, 0.25) is 15.9 Å². The first-order chi connectivity index (χ1) is 16.1. The molecule has 0 bridgehead atoms. The molecule has 1 saturated heterocycles. The van der Waals surface area contributed by atoms with Crippen LogP contribution >= 0.6 is 11.3 Å². The molecular weight excluding hydrogens is 474 g/mol. The number of carbonyl (C=O) groups excluding carboxylic acids is 2. The number of nitrogens with one attached hydrogen (secondary N) is 2. The van der Waals surface area contributed by atoms with Crippen LogP contribution in [0.2, 0.25) is 0 Å². The van der Waals surface area contributed by atoms with Crippen LogP contribution in [0.15, 0.2) is 46.7 Å². The van der Waals surface area contributed by atoms with E-state index in [1.165, 1.54) is 34.9 Å². The van der Waals surface area contributed by atoms with Gasteiger partial charge in [-0.3, -0.25) is 9.59 Å². The molecular formula is C24H33N3O5S2. The molecule has 0 radical (unpaired) electrons. The van der Waals surface area contributed by atoms with Crippen LogP contribution in [0.4, 0.5) is 0 Å². The molecule has 34 heavy (non-hydrogen) atoms. The highest BCUT2D eigenvalue weighted by molar-refractivity contribution is 7.89. The fourth-order valence-electron chi connectivity index (χ4n) is 3.84. The Morgan fingerprint density at radius 2 is 1.71 bits per heavy atom. The highest BCUT2D eigenvalue weighted by Gasteiger charge is 2.37. The van der Waals surface area contributed by atoms with Gasteiger partial charge in [-0.1, -0.05) is 19.9 Å². The Morgan fingerprint density at radius 3 is 2.24 bits per heavy atom. The SMILES string of the molecule is COc1ccc(S(=O)(=O)N2CCC([C@H](NC(=O)c3cccs3)C(=O)N[C@H](C)C(C)C)CC2)cc1. The molecule has 0 saturated carbocycles.